The van der Waals surface area contributed by atoms with Crippen LogP contribution >= 0.6 is 0 Å². The summed E-state index contributed by atoms with van der Waals surface area (Å²) < 4.78 is 17.2. The molecule has 0 aliphatic carbocycles. The van der Waals surface area contributed by atoms with Gasteiger partial charge in [-0.05, 0) is 31.2 Å². The number of rotatable bonds is 7. The summed E-state index contributed by atoms with van der Waals surface area (Å²) in [6.45, 7) is 5.01. The van der Waals surface area contributed by atoms with Gasteiger partial charge in [0.05, 0.1) is 12.0 Å². The minimum atomic E-state index is -0.268. The van der Waals surface area contributed by atoms with Gasteiger partial charge in [0.25, 0.3) is 5.91 Å². The van der Waals surface area contributed by atoms with Crippen molar-refractivity contribution in [3.05, 3.63) is 64.5 Å². The predicted octanol–water partition coefficient (Wildman–Crippen LogP) is 2.41. The number of aliphatic hydroxyl groups is 1. The van der Waals surface area contributed by atoms with E-state index in [1.165, 1.54) is 0 Å². The molecule has 3 aromatic rings. The Labute approximate surface area is 185 Å². The number of β-amino-alcohol motifs (C(OH)–C–C–N with tert-alkyl or cyclic N) is 1. The number of fused-ring (bicyclic) bond motifs is 1. The number of ether oxygens (including phenoxy) is 2. The molecule has 1 amide bonds. The second-order valence-electron chi connectivity index (χ2n) is 7.62. The molecular formula is C24H26N2O6. The highest BCUT2D eigenvalue weighted by Gasteiger charge is 2.21. The van der Waals surface area contributed by atoms with Crippen molar-refractivity contribution in [1.29, 1.82) is 0 Å². The highest BCUT2D eigenvalue weighted by atomic mass is 16.5. The number of aliphatic hydroxyl groups excluding tert-OH is 1. The van der Waals surface area contributed by atoms with Crippen LogP contribution in [0.5, 0.6) is 17.2 Å². The second kappa shape index (κ2) is 9.84. The first-order valence-electron chi connectivity index (χ1n) is 10.6. The number of piperazine rings is 1. The van der Waals surface area contributed by atoms with Crippen molar-refractivity contribution >= 4 is 16.9 Å². The van der Waals surface area contributed by atoms with Crippen molar-refractivity contribution in [1.82, 2.24) is 9.80 Å². The van der Waals surface area contributed by atoms with Gasteiger partial charge >= 0.3 is 0 Å². The van der Waals surface area contributed by atoms with Crippen LogP contribution in [-0.4, -0.2) is 66.8 Å². The van der Waals surface area contributed by atoms with E-state index in [9.17, 15) is 9.59 Å². The first kappa shape index (κ1) is 21.9. The molecule has 2 heterocycles. The number of carbonyl (C=O) groups is 1. The third-order valence-electron chi connectivity index (χ3n) is 5.45. The molecule has 1 aliphatic heterocycles. The lowest BCUT2D eigenvalue weighted by molar-refractivity contribution is -0.135. The van der Waals surface area contributed by atoms with Gasteiger partial charge in [-0.1, -0.05) is 18.2 Å². The van der Waals surface area contributed by atoms with Gasteiger partial charge in [-0.25, -0.2) is 0 Å². The van der Waals surface area contributed by atoms with E-state index in [1.54, 1.807) is 42.2 Å². The van der Waals surface area contributed by atoms with Crippen molar-refractivity contribution in [3.63, 3.8) is 0 Å². The number of nitrogens with zero attached hydrogens (tertiary/aromatic N) is 2. The van der Waals surface area contributed by atoms with Crippen LogP contribution < -0.4 is 14.9 Å². The van der Waals surface area contributed by atoms with Crippen molar-refractivity contribution < 1.29 is 23.8 Å². The van der Waals surface area contributed by atoms with Crippen LogP contribution in [0.2, 0.25) is 0 Å². The average molecular weight is 438 g/mol. The monoisotopic (exact) mass is 438 g/mol. The molecular weight excluding hydrogens is 412 g/mol. The molecule has 1 saturated heterocycles. The first-order chi connectivity index (χ1) is 15.5. The van der Waals surface area contributed by atoms with Crippen molar-refractivity contribution in [3.8, 4) is 17.2 Å². The maximum Gasteiger partial charge on any atom is 0.260 e. The Balaban J connectivity index is 1.43. The van der Waals surface area contributed by atoms with E-state index in [2.05, 4.69) is 4.90 Å². The number of benzene rings is 2. The van der Waals surface area contributed by atoms with Crippen molar-refractivity contribution in [2.75, 3.05) is 45.9 Å². The maximum absolute atomic E-state index is 12.9. The molecule has 2 aromatic carbocycles. The number of carbonyl (C=O) groups excluding carboxylic acids is 1. The molecule has 0 saturated carbocycles. The van der Waals surface area contributed by atoms with E-state index in [4.69, 9.17) is 19.0 Å². The Hall–Kier alpha value is -3.36. The van der Waals surface area contributed by atoms with E-state index in [0.717, 1.165) is 13.1 Å². The van der Waals surface area contributed by atoms with Crippen LogP contribution in [0, 0.1) is 6.92 Å². The average Bonchev–Trinajstić information content (AvgIpc) is 2.81. The zero-order valence-electron chi connectivity index (χ0n) is 18.0. The van der Waals surface area contributed by atoms with E-state index in [0.29, 0.717) is 47.9 Å². The Kier molecular flexibility index (Phi) is 6.72. The lowest BCUT2D eigenvalue weighted by Gasteiger charge is -2.34. The van der Waals surface area contributed by atoms with E-state index in [-0.39, 0.29) is 30.3 Å². The van der Waals surface area contributed by atoms with Crippen LogP contribution in [0.4, 0.5) is 0 Å². The molecule has 168 valence electrons. The van der Waals surface area contributed by atoms with Crippen LogP contribution in [-0.2, 0) is 4.79 Å². The summed E-state index contributed by atoms with van der Waals surface area (Å²) in [5, 5.41) is 9.39. The molecule has 1 aromatic heterocycles. The normalized spacial score (nSPS) is 14.5. The summed E-state index contributed by atoms with van der Waals surface area (Å²) in [7, 11) is 0. The standard InChI is InChI=1S/C24H26N2O6/c1-17-24(32-18-5-3-2-4-6-18)23(29)20-8-7-19(15-21(20)31-17)30-16-22(28)26-11-9-25(10-12-26)13-14-27/h2-8,15,27H,9-14,16H2,1H3. The van der Waals surface area contributed by atoms with E-state index in [1.807, 2.05) is 18.2 Å². The highest BCUT2D eigenvalue weighted by molar-refractivity contribution is 5.80. The summed E-state index contributed by atoms with van der Waals surface area (Å²) in [6, 6.07) is 13.9. The van der Waals surface area contributed by atoms with Crippen LogP contribution in [0.15, 0.2) is 57.7 Å². The summed E-state index contributed by atoms with van der Waals surface area (Å²) in [6.07, 6.45) is 0. The van der Waals surface area contributed by atoms with Gasteiger partial charge in [0.2, 0.25) is 11.2 Å². The van der Waals surface area contributed by atoms with Gasteiger partial charge < -0.3 is 23.9 Å². The Morgan fingerprint density at radius 2 is 1.81 bits per heavy atom. The number of aryl methyl sites for hydroxylation is 1. The molecule has 8 heteroatoms. The zero-order valence-corrected chi connectivity index (χ0v) is 18.0. The Bertz CT molecular complexity index is 1140. The predicted molar refractivity (Wildman–Crippen MR) is 119 cm³/mol. The SMILES string of the molecule is Cc1oc2cc(OCC(=O)N3CCN(CCO)CC3)ccc2c(=O)c1Oc1ccccc1. The first-order valence-corrected chi connectivity index (χ1v) is 10.6. The number of para-hydroxylation sites is 1. The second-order valence-corrected chi connectivity index (χ2v) is 7.62. The summed E-state index contributed by atoms with van der Waals surface area (Å²) in [4.78, 5) is 29.2. The molecule has 0 atom stereocenters. The highest BCUT2D eigenvalue weighted by Crippen LogP contribution is 2.27. The largest absolute Gasteiger partial charge is 0.484 e. The summed E-state index contributed by atoms with van der Waals surface area (Å²) in [5.41, 5.74) is 0.103. The van der Waals surface area contributed by atoms with Gasteiger partial charge in [0.1, 0.15) is 22.8 Å². The van der Waals surface area contributed by atoms with Gasteiger partial charge in [-0.15, -0.1) is 0 Å². The Morgan fingerprint density at radius 1 is 1.06 bits per heavy atom. The summed E-state index contributed by atoms with van der Waals surface area (Å²) in [5.74, 6) is 1.41. The van der Waals surface area contributed by atoms with Gasteiger partial charge in [-0.2, -0.15) is 0 Å². The Morgan fingerprint density at radius 3 is 2.53 bits per heavy atom. The maximum atomic E-state index is 12.9. The molecule has 0 unspecified atom stereocenters. The van der Waals surface area contributed by atoms with Gasteiger partial charge in [0, 0.05) is 38.8 Å². The molecule has 32 heavy (non-hydrogen) atoms. The quantitative estimate of drug-likeness (QED) is 0.606. The van der Waals surface area contributed by atoms with E-state index < -0.39 is 0 Å². The van der Waals surface area contributed by atoms with Crippen molar-refractivity contribution in [2.24, 2.45) is 0 Å². The fraction of sp³-hybridized carbons (Fsp3) is 0.333. The zero-order chi connectivity index (χ0) is 22.5. The van der Waals surface area contributed by atoms with Gasteiger partial charge in [0.15, 0.2) is 6.61 Å². The lowest BCUT2D eigenvalue weighted by Crippen LogP contribution is -2.50. The topological polar surface area (TPSA) is 92.5 Å². The third-order valence-corrected chi connectivity index (χ3v) is 5.45. The minimum Gasteiger partial charge on any atom is -0.484 e. The minimum absolute atomic E-state index is 0.0933. The smallest absolute Gasteiger partial charge is 0.260 e. The van der Waals surface area contributed by atoms with Crippen LogP contribution in [0.25, 0.3) is 11.0 Å². The number of hydrogen-bond donors (Lipinski definition) is 1. The lowest BCUT2D eigenvalue weighted by atomic mass is 10.2. The number of amides is 1. The molecule has 0 spiro atoms. The van der Waals surface area contributed by atoms with Crippen LogP contribution in [0.3, 0.4) is 0 Å². The molecule has 0 radical (unpaired) electrons. The summed E-state index contributed by atoms with van der Waals surface area (Å²) >= 11 is 0. The molecule has 1 aliphatic rings. The molecule has 0 bridgehead atoms. The molecule has 8 nitrogen and oxygen atoms in total. The molecule has 1 N–H and O–H groups in total. The third kappa shape index (κ3) is 4.92. The molecule has 4 rings (SSSR count). The molecule has 1 fully saturated rings. The van der Waals surface area contributed by atoms with Crippen molar-refractivity contribution in [2.45, 2.75) is 6.92 Å². The number of hydrogen-bond acceptors (Lipinski definition) is 7. The fourth-order valence-corrected chi connectivity index (χ4v) is 3.68. The fourth-order valence-electron chi connectivity index (χ4n) is 3.68. The van der Waals surface area contributed by atoms with Gasteiger partial charge in [-0.3, -0.25) is 14.5 Å². The van der Waals surface area contributed by atoms with Crippen LogP contribution in [0.1, 0.15) is 5.76 Å². The van der Waals surface area contributed by atoms with E-state index >= 15 is 0 Å².